The van der Waals surface area contributed by atoms with Crippen LogP contribution in [0.3, 0.4) is 0 Å². The molecule has 2 N–H and O–H groups in total. The fourth-order valence-electron chi connectivity index (χ4n) is 1.36. The molecule has 1 atom stereocenters. The SMILES string of the molecule is C=CCC[C@@H](N)c1ccc(F)c(C)c1. The van der Waals surface area contributed by atoms with E-state index in [1.54, 1.807) is 13.0 Å². The van der Waals surface area contributed by atoms with Crippen LogP contribution in [0.25, 0.3) is 0 Å². The Morgan fingerprint density at radius 3 is 2.86 bits per heavy atom. The van der Waals surface area contributed by atoms with Gasteiger partial charge in [-0.1, -0.05) is 18.2 Å². The van der Waals surface area contributed by atoms with Crippen molar-refractivity contribution in [3.05, 3.63) is 47.8 Å². The summed E-state index contributed by atoms with van der Waals surface area (Å²) in [5.41, 5.74) is 7.57. The van der Waals surface area contributed by atoms with Gasteiger partial charge in [0.25, 0.3) is 0 Å². The lowest BCUT2D eigenvalue weighted by Crippen LogP contribution is -2.10. The van der Waals surface area contributed by atoms with Gasteiger partial charge < -0.3 is 5.73 Å². The smallest absolute Gasteiger partial charge is 0.126 e. The molecule has 0 aliphatic rings. The van der Waals surface area contributed by atoms with Crippen LogP contribution in [0.15, 0.2) is 30.9 Å². The maximum Gasteiger partial charge on any atom is 0.126 e. The van der Waals surface area contributed by atoms with E-state index in [0.717, 1.165) is 18.4 Å². The highest BCUT2D eigenvalue weighted by Gasteiger charge is 2.06. The van der Waals surface area contributed by atoms with Crippen LogP contribution >= 0.6 is 0 Å². The Morgan fingerprint density at radius 1 is 1.57 bits per heavy atom. The van der Waals surface area contributed by atoms with E-state index in [0.29, 0.717) is 5.56 Å². The van der Waals surface area contributed by atoms with Crippen LogP contribution in [0.1, 0.15) is 30.0 Å². The summed E-state index contributed by atoms with van der Waals surface area (Å²) in [6.07, 6.45) is 3.59. The third kappa shape index (κ3) is 2.67. The molecule has 1 nitrogen and oxygen atoms in total. The van der Waals surface area contributed by atoms with Gasteiger partial charge in [0.2, 0.25) is 0 Å². The molecule has 0 fully saturated rings. The summed E-state index contributed by atoms with van der Waals surface area (Å²) in [4.78, 5) is 0. The van der Waals surface area contributed by atoms with Gasteiger partial charge in [0.1, 0.15) is 5.82 Å². The molecule has 0 saturated carbocycles. The van der Waals surface area contributed by atoms with E-state index in [4.69, 9.17) is 5.73 Å². The second-order valence-corrected chi connectivity index (χ2v) is 3.48. The van der Waals surface area contributed by atoms with Gasteiger partial charge in [-0.2, -0.15) is 0 Å². The van der Waals surface area contributed by atoms with E-state index in [9.17, 15) is 4.39 Å². The van der Waals surface area contributed by atoms with Gasteiger partial charge >= 0.3 is 0 Å². The van der Waals surface area contributed by atoms with Crippen LogP contribution in [0.5, 0.6) is 0 Å². The van der Waals surface area contributed by atoms with Gasteiger partial charge in [0.15, 0.2) is 0 Å². The topological polar surface area (TPSA) is 26.0 Å². The lowest BCUT2D eigenvalue weighted by Gasteiger charge is -2.11. The summed E-state index contributed by atoms with van der Waals surface area (Å²) in [5, 5.41) is 0. The minimum absolute atomic E-state index is 0.0210. The van der Waals surface area contributed by atoms with E-state index in [1.165, 1.54) is 6.07 Å². The third-order valence-electron chi connectivity index (χ3n) is 2.29. The standard InChI is InChI=1S/C12H16FN/c1-3-4-5-12(14)10-6-7-11(13)9(2)8-10/h3,6-8,12H,1,4-5,14H2,2H3/t12-/m1/s1. The molecular weight excluding hydrogens is 177 g/mol. The number of rotatable bonds is 4. The van der Waals surface area contributed by atoms with Gasteiger partial charge in [0.05, 0.1) is 0 Å². The maximum absolute atomic E-state index is 13.0. The highest BCUT2D eigenvalue weighted by molar-refractivity contribution is 5.26. The predicted molar refractivity (Wildman–Crippen MR) is 57.5 cm³/mol. The number of benzene rings is 1. The van der Waals surface area contributed by atoms with Gasteiger partial charge in [-0.05, 0) is 37.0 Å². The van der Waals surface area contributed by atoms with Crippen LogP contribution in [0, 0.1) is 12.7 Å². The van der Waals surface area contributed by atoms with E-state index < -0.39 is 0 Å². The van der Waals surface area contributed by atoms with Gasteiger partial charge in [-0.25, -0.2) is 4.39 Å². The first kappa shape index (κ1) is 10.9. The summed E-state index contributed by atoms with van der Waals surface area (Å²) in [7, 11) is 0. The van der Waals surface area contributed by atoms with Gasteiger partial charge in [-0.15, -0.1) is 6.58 Å². The lowest BCUT2D eigenvalue weighted by molar-refractivity contribution is 0.611. The molecule has 76 valence electrons. The van der Waals surface area contributed by atoms with Crippen molar-refractivity contribution in [1.82, 2.24) is 0 Å². The molecule has 0 spiro atoms. The zero-order chi connectivity index (χ0) is 10.6. The molecule has 1 aromatic rings. The van der Waals surface area contributed by atoms with Crippen LogP contribution in [-0.4, -0.2) is 0 Å². The summed E-state index contributed by atoms with van der Waals surface area (Å²) < 4.78 is 13.0. The molecule has 1 aromatic carbocycles. The Hall–Kier alpha value is -1.15. The second kappa shape index (κ2) is 4.91. The molecule has 2 heteroatoms. The first-order valence-electron chi connectivity index (χ1n) is 4.77. The Bertz CT molecular complexity index is 320. The van der Waals surface area contributed by atoms with Crippen molar-refractivity contribution in [1.29, 1.82) is 0 Å². The first-order chi connectivity index (χ1) is 6.65. The Labute approximate surface area is 84.4 Å². The van der Waals surface area contributed by atoms with Crippen molar-refractivity contribution < 1.29 is 4.39 Å². The number of halogens is 1. The van der Waals surface area contributed by atoms with E-state index in [-0.39, 0.29) is 11.9 Å². The fraction of sp³-hybridized carbons (Fsp3) is 0.333. The lowest BCUT2D eigenvalue weighted by atomic mass is 10.0. The molecule has 0 aliphatic carbocycles. The number of hydrogen-bond donors (Lipinski definition) is 1. The summed E-state index contributed by atoms with van der Waals surface area (Å²) >= 11 is 0. The predicted octanol–water partition coefficient (Wildman–Crippen LogP) is 3.10. The minimum Gasteiger partial charge on any atom is -0.324 e. The van der Waals surface area contributed by atoms with Crippen molar-refractivity contribution in [2.24, 2.45) is 5.73 Å². The maximum atomic E-state index is 13.0. The average molecular weight is 193 g/mol. The van der Waals surface area contributed by atoms with Crippen molar-refractivity contribution in [3.8, 4) is 0 Å². The van der Waals surface area contributed by atoms with Gasteiger partial charge in [0, 0.05) is 6.04 Å². The molecule has 0 saturated heterocycles. The van der Waals surface area contributed by atoms with Crippen molar-refractivity contribution in [2.45, 2.75) is 25.8 Å². The van der Waals surface area contributed by atoms with Crippen LogP contribution in [0.2, 0.25) is 0 Å². The highest BCUT2D eigenvalue weighted by atomic mass is 19.1. The third-order valence-corrected chi connectivity index (χ3v) is 2.29. The monoisotopic (exact) mass is 193 g/mol. The number of allylic oxidation sites excluding steroid dienone is 1. The van der Waals surface area contributed by atoms with Crippen LogP contribution < -0.4 is 5.73 Å². The Balaban J connectivity index is 2.75. The zero-order valence-corrected chi connectivity index (χ0v) is 8.46. The normalized spacial score (nSPS) is 12.5. The van der Waals surface area contributed by atoms with Crippen LogP contribution in [-0.2, 0) is 0 Å². The highest BCUT2D eigenvalue weighted by Crippen LogP contribution is 2.18. The molecule has 0 bridgehead atoms. The second-order valence-electron chi connectivity index (χ2n) is 3.48. The number of hydrogen-bond acceptors (Lipinski definition) is 1. The molecule has 0 amide bonds. The van der Waals surface area contributed by atoms with Crippen molar-refractivity contribution in [3.63, 3.8) is 0 Å². The molecule has 14 heavy (non-hydrogen) atoms. The quantitative estimate of drug-likeness (QED) is 0.730. The molecule has 0 heterocycles. The number of aryl methyl sites for hydroxylation is 1. The van der Waals surface area contributed by atoms with Crippen molar-refractivity contribution in [2.75, 3.05) is 0 Å². The zero-order valence-electron chi connectivity index (χ0n) is 8.46. The van der Waals surface area contributed by atoms with E-state index in [2.05, 4.69) is 6.58 Å². The average Bonchev–Trinajstić information content (AvgIpc) is 2.18. The summed E-state index contributed by atoms with van der Waals surface area (Å²) in [6.45, 7) is 5.39. The molecule has 0 aromatic heterocycles. The Morgan fingerprint density at radius 2 is 2.29 bits per heavy atom. The van der Waals surface area contributed by atoms with Crippen molar-refractivity contribution >= 4 is 0 Å². The minimum atomic E-state index is -0.176. The fourth-order valence-corrected chi connectivity index (χ4v) is 1.36. The largest absolute Gasteiger partial charge is 0.324 e. The molecule has 1 rings (SSSR count). The van der Waals surface area contributed by atoms with Gasteiger partial charge in [-0.3, -0.25) is 0 Å². The molecular formula is C12H16FN. The van der Waals surface area contributed by atoms with Crippen LogP contribution in [0.4, 0.5) is 4.39 Å². The Kier molecular flexibility index (Phi) is 3.84. The van der Waals surface area contributed by atoms with E-state index >= 15 is 0 Å². The summed E-state index contributed by atoms with van der Waals surface area (Å²) in [5.74, 6) is -0.176. The first-order valence-corrected chi connectivity index (χ1v) is 4.77. The van der Waals surface area contributed by atoms with E-state index in [1.807, 2.05) is 12.1 Å². The molecule has 0 aliphatic heterocycles. The molecule has 0 unspecified atom stereocenters. The summed E-state index contributed by atoms with van der Waals surface area (Å²) in [6, 6.07) is 5.00. The molecule has 0 radical (unpaired) electrons. The number of nitrogens with two attached hydrogens (primary N) is 1.